The van der Waals surface area contributed by atoms with E-state index in [-0.39, 0.29) is 29.3 Å². The number of alkyl halides is 1. The van der Waals surface area contributed by atoms with Gasteiger partial charge in [-0.2, -0.15) is 9.97 Å². The van der Waals surface area contributed by atoms with E-state index in [0.717, 1.165) is 78.9 Å². The number of benzene rings is 2. The number of phenolic OH excluding ortho intramolecular Hbond substituents is 1. The van der Waals surface area contributed by atoms with E-state index in [1.807, 2.05) is 6.92 Å². The number of aromatic nitrogens is 2. The Bertz CT molecular complexity index is 1560. The standard InChI is InChI=1S/C33H39F2N5O3/c1-2-25-27(35)7-4-20-12-22(41)13-29(30(20)25)38-11-8-26-28(18-38)36-32(37-31(26)39-16-23-5-6-24(17-39)43-23)42-19-33-9-3-10-40(33)15-21(34)14-33/h4,7,12-13,21,23-24,41H,2-3,5-6,8-11,14-19H2,1H3/t21-,23?,24?,33+/m1/s1. The van der Waals surface area contributed by atoms with E-state index in [1.54, 1.807) is 18.2 Å². The lowest BCUT2D eigenvalue weighted by atomic mass is 9.95. The van der Waals surface area contributed by atoms with Crippen LogP contribution in [-0.4, -0.2) is 83.2 Å². The zero-order valence-corrected chi connectivity index (χ0v) is 24.7. The number of hydrogen-bond acceptors (Lipinski definition) is 8. The van der Waals surface area contributed by atoms with Gasteiger partial charge >= 0.3 is 6.01 Å². The number of morpholine rings is 1. The molecule has 2 unspecified atom stereocenters. The van der Waals surface area contributed by atoms with Crippen molar-refractivity contribution in [2.75, 3.05) is 49.1 Å². The summed E-state index contributed by atoms with van der Waals surface area (Å²) in [5.74, 6) is 0.835. The average Bonchev–Trinajstić information content (AvgIpc) is 3.65. The molecular weight excluding hydrogens is 552 g/mol. The molecule has 5 aliphatic rings. The van der Waals surface area contributed by atoms with E-state index in [9.17, 15) is 13.9 Å². The molecule has 0 saturated carbocycles. The van der Waals surface area contributed by atoms with E-state index in [4.69, 9.17) is 19.4 Å². The summed E-state index contributed by atoms with van der Waals surface area (Å²) in [7, 11) is 0. The average molecular weight is 592 g/mol. The van der Waals surface area contributed by atoms with Gasteiger partial charge in [-0.05, 0) is 68.2 Å². The predicted molar refractivity (Wildman–Crippen MR) is 160 cm³/mol. The van der Waals surface area contributed by atoms with Crippen LogP contribution >= 0.6 is 0 Å². The van der Waals surface area contributed by atoms with Crippen molar-refractivity contribution >= 4 is 22.3 Å². The van der Waals surface area contributed by atoms with Crippen molar-refractivity contribution in [3.63, 3.8) is 0 Å². The number of rotatable bonds is 6. The first-order chi connectivity index (χ1) is 20.9. The summed E-state index contributed by atoms with van der Waals surface area (Å²) in [5, 5.41) is 12.3. The maximum Gasteiger partial charge on any atom is 0.318 e. The van der Waals surface area contributed by atoms with Gasteiger partial charge in [0.15, 0.2) is 0 Å². The molecule has 1 N–H and O–H groups in total. The second kappa shape index (κ2) is 10.4. The van der Waals surface area contributed by atoms with Crippen LogP contribution in [0, 0.1) is 5.82 Å². The summed E-state index contributed by atoms with van der Waals surface area (Å²) in [4.78, 5) is 16.8. The van der Waals surface area contributed by atoms with Gasteiger partial charge in [-0.15, -0.1) is 0 Å². The van der Waals surface area contributed by atoms with Gasteiger partial charge in [-0.1, -0.05) is 13.0 Å². The molecule has 4 atom stereocenters. The molecule has 0 amide bonds. The van der Waals surface area contributed by atoms with Crippen LogP contribution in [-0.2, 0) is 24.1 Å². The number of halogens is 2. The van der Waals surface area contributed by atoms with Crippen LogP contribution in [0.4, 0.5) is 20.3 Å². The predicted octanol–water partition coefficient (Wildman–Crippen LogP) is 4.92. The molecule has 8 rings (SSSR count). The van der Waals surface area contributed by atoms with Crippen LogP contribution in [0.25, 0.3) is 10.8 Å². The molecule has 0 aliphatic carbocycles. The normalized spacial score (nSPS) is 28.5. The number of fused-ring (bicyclic) bond motifs is 5. The Balaban J connectivity index is 1.16. The van der Waals surface area contributed by atoms with Crippen molar-refractivity contribution in [2.24, 2.45) is 0 Å². The Labute approximate surface area is 250 Å². The van der Waals surface area contributed by atoms with Crippen molar-refractivity contribution in [3.05, 3.63) is 46.9 Å². The Kier molecular flexibility index (Phi) is 6.63. The molecule has 43 heavy (non-hydrogen) atoms. The summed E-state index contributed by atoms with van der Waals surface area (Å²) in [5.41, 5.74) is 3.17. The van der Waals surface area contributed by atoms with E-state index >= 15 is 0 Å². The lowest BCUT2D eigenvalue weighted by Crippen LogP contribution is -2.45. The number of ether oxygens (including phenoxy) is 2. The smallest absolute Gasteiger partial charge is 0.318 e. The molecule has 0 radical (unpaired) electrons. The molecule has 1 aromatic heterocycles. The summed E-state index contributed by atoms with van der Waals surface area (Å²) < 4.78 is 41.9. The number of nitrogens with zero attached hydrogens (tertiary/aromatic N) is 5. The van der Waals surface area contributed by atoms with Gasteiger partial charge in [0.1, 0.15) is 30.2 Å². The number of aromatic hydroxyl groups is 1. The van der Waals surface area contributed by atoms with Gasteiger partial charge in [-0.3, -0.25) is 4.90 Å². The third kappa shape index (κ3) is 4.68. The lowest BCUT2D eigenvalue weighted by molar-refractivity contribution is 0.0300. The Morgan fingerprint density at radius 2 is 1.93 bits per heavy atom. The first-order valence-electron chi connectivity index (χ1n) is 15.9. The number of anilines is 2. The molecule has 6 heterocycles. The third-order valence-corrected chi connectivity index (χ3v) is 10.4. The Hall–Kier alpha value is -3.24. The summed E-state index contributed by atoms with van der Waals surface area (Å²) in [6.45, 7) is 6.48. The number of phenols is 1. The molecule has 4 saturated heterocycles. The summed E-state index contributed by atoms with van der Waals surface area (Å²) >= 11 is 0. The highest BCUT2D eigenvalue weighted by Gasteiger charge is 2.49. The Morgan fingerprint density at radius 1 is 1.09 bits per heavy atom. The number of aryl methyl sites for hydroxylation is 1. The quantitative estimate of drug-likeness (QED) is 0.433. The summed E-state index contributed by atoms with van der Waals surface area (Å²) in [6.07, 6.45) is 5.46. The minimum absolute atomic E-state index is 0.154. The molecule has 4 fully saturated rings. The maximum atomic E-state index is 15.0. The van der Waals surface area contributed by atoms with Crippen molar-refractivity contribution < 1.29 is 23.4 Å². The SMILES string of the molecule is CCc1c(F)ccc2cc(O)cc(N3CCc4c(nc(OC[C@@]56CCCN5C[C@H](F)C6)nc4N4CC5CCC(C4)O5)C3)c12. The minimum Gasteiger partial charge on any atom is -0.508 e. The third-order valence-electron chi connectivity index (χ3n) is 10.4. The summed E-state index contributed by atoms with van der Waals surface area (Å²) in [6, 6.07) is 6.99. The first-order valence-corrected chi connectivity index (χ1v) is 15.9. The van der Waals surface area contributed by atoms with Crippen molar-refractivity contribution in [1.29, 1.82) is 0 Å². The van der Waals surface area contributed by atoms with Crippen LogP contribution in [0.15, 0.2) is 24.3 Å². The van der Waals surface area contributed by atoms with Crippen molar-refractivity contribution in [3.8, 4) is 11.8 Å². The van der Waals surface area contributed by atoms with Gasteiger partial charge in [-0.25, -0.2) is 8.78 Å². The zero-order chi connectivity index (χ0) is 29.3. The molecule has 10 heteroatoms. The van der Waals surface area contributed by atoms with E-state index < -0.39 is 6.17 Å². The van der Waals surface area contributed by atoms with Gasteiger partial charge in [0, 0.05) is 55.3 Å². The first kappa shape index (κ1) is 27.3. The van der Waals surface area contributed by atoms with Crippen molar-refractivity contribution in [2.45, 2.75) is 82.3 Å². The molecule has 3 aromatic rings. The minimum atomic E-state index is -0.823. The number of hydrogen-bond donors (Lipinski definition) is 1. The van der Waals surface area contributed by atoms with Gasteiger partial charge in [0.2, 0.25) is 0 Å². The Morgan fingerprint density at radius 3 is 2.74 bits per heavy atom. The molecule has 2 bridgehead atoms. The molecular formula is C33H39F2N5O3. The topological polar surface area (TPSA) is 74.2 Å². The lowest BCUT2D eigenvalue weighted by Gasteiger charge is -2.37. The molecule has 2 aromatic carbocycles. The fraction of sp³-hybridized carbons (Fsp3) is 0.576. The van der Waals surface area contributed by atoms with Crippen LogP contribution in [0.3, 0.4) is 0 Å². The highest BCUT2D eigenvalue weighted by molar-refractivity contribution is 5.98. The molecule has 0 spiro atoms. The van der Waals surface area contributed by atoms with E-state index in [0.29, 0.717) is 57.1 Å². The van der Waals surface area contributed by atoms with Crippen molar-refractivity contribution in [1.82, 2.24) is 14.9 Å². The highest BCUT2D eigenvalue weighted by atomic mass is 19.1. The fourth-order valence-corrected chi connectivity index (χ4v) is 8.43. The molecule has 228 valence electrons. The van der Waals surface area contributed by atoms with Gasteiger partial charge in [0.05, 0.1) is 30.0 Å². The van der Waals surface area contributed by atoms with Crippen LogP contribution in [0.1, 0.15) is 55.8 Å². The molecule has 5 aliphatic heterocycles. The van der Waals surface area contributed by atoms with Crippen LogP contribution < -0.4 is 14.5 Å². The maximum absolute atomic E-state index is 15.0. The van der Waals surface area contributed by atoms with Crippen LogP contribution in [0.5, 0.6) is 11.8 Å². The second-order valence-electron chi connectivity index (χ2n) is 13.1. The largest absolute Gasteiger partial charge is 0.508 e. The fourth-order valence-electron chi connectivity index (χ4n) is 8.43. The monoisotopic (exact) mass is 591 g/mol. The zero-order valence-electron chi connectivity index (χ0n) is 24.7. The van der Waals surface area contributed by atoms with Gasteiger partial charge in [0.25, 0.3) is 0 Å². The second-order valence-corrected chi connectivity index (χ2v) is 13.1. The van der Waals surface area contributed by atoms with E-state index in [1.165, 1.54) is 6.07 Å². The van der Waals surface area contributed by atoms with E-state index in [2.05, 4.69) is 14.7 Å². The molecule has 8 nitrogen and oxygen atoms in total. The highest BCUT2D eigenvalue weighted by Crippen LogP contribution is 2.42. The van der Waals surface area contributed by atoms with Crippen LogP contribution in [0.2, 0.25) is 0 Å². The van der Waals surface area contributed by atoms with Gasteiger partial charge < -0.3 is 24.4 Å².